The van der Waals surface area contributed by atoms with Crippen LogP contribution in [0.1, 0.15) is 69.5 Å². The Morgan fingerprint density at radius 1 is 0.793 bits per heavy atom. The summed E-state index contributed by atoms with van der Waals surface area (Å²) in [5.41, 5.74) is 2.76. The molecule has 3 nitrogen and oxygen atoms in total. The van der Waals surface area contributed by atoms with E-state index in [0.29, 0.717) is 6.04 Å². The van der Waals surface area contributed by atoms with Gasteiger partial charge in [0.15, 0.2) is 11.5 Å². The summed E-state index contributed by atoms with van der Waals surface area (Å²) in [6.07, 6.45) is 8.39. The molecule has 2 rings (SSSR count). The van der Waals surface area contributed by atoms with Crippen molar-refractivity contribution in [2.45, 2.75) is 64.8 Å². The Kier molecular flexibility index (Phi) is 10.6. The first-order valence-corrected chi connectivity index (χ1v) is 11.2. The van der Waals surface area contributed by atoms with Crippen LogP contribution in [0.25, 0.3) is 0 Å². The molecule has 160 valence electrons. The van der Waals surface area contributed by atoms with Gasteiger partial charge in [-0.3, -0.25) is 4.90 Å². The molecule has 0 heterocycles. The van der Waals surface area contributed by atoms with Crippen molar-refractivity contribution in [2.75, 3.05) is 27.3 Å². The summed E-state index contributed by atoms with van der Waals surface area (Å²) < 4.78 is 11.1. The van der Waals surface area contributed by atoms with E-state index in [4.69, 9.17) is 9.47 Å². The number of ether oxygens (including phenoxy) is 2. The van der Waals surface area contributed by atoms with Crippen LogP contribution in [0.15, 0.2) is 48.5 Å². The standard InChI is InChI=1S/C26H39NO2/c1-5-7-19-27(20-8-6-2)24(16-12-15-22-13-10-9-11-14-22)23-17-18-25(28-3)26(21-23)29-4/h9-11,13-14,17-18,21,24H,5-8,12,15-16,19-20H2,1-4H3. The predicted octanol–water partition coefficient (Wildman–Crippen LogP) is 6.67. The van der Waals surface area contributed by atoms with Crippen LogP contribution in [0.3, 0.4) is 0 Å². The van der Waals surface area contributed by atoms with Crippen LogP contribution in [-0.4, -0.2) is 32.2 Å². The second-order valence-corrected chi connectivity index (χ2v) is 7.75. The molecular weight excluding hydrogens is 358 g/mol. The molecule has 0 aromatic heterocycles. The fourth-order valence-electron chi connectivity index (χ4n) is 3.91. The Hall–Kier alpha value is -2.00. The molecule has 0 bridgehead atoms. The summed E-state index contributed by atoms with van der Waals surface area (Å²) in [5.74, 6) is 1.62. The van der Waals surface area contributed by atoms with Crippen molar-refractivity contribution < 1.29 is 9.47 Å². The van der Waals surface area contributed by atoms with Gasteiger partial charge >= 0.3 is 0 Å². The van der Waals surface area contributed by atoms with Gasteiger partial charge in [-0.15, -0.1) is 0 Å². The molecule has 0 aliphatic carbocycles. The number of aryl methyl sites for hydroxylation is 1. The maximum absolute atomic E-state index is 5.60. The maximum atomic E-state index is 5.60. The lowest BCUT2D eigenvalue weighted by Crippen LogP contribution is -2.31. The van der Waals surface area contributed by atoms with E-state index < -0.39 is 0 Å². The zero-order valence-corrected chi connectivity index (χ0v) is 18.8. The fraction of sp³-hybridized carbons (Fsp3) is 0.538. The third-order valence-corrected chi connectivity index (χ3v) is 5.62. The smallest absolute Gasteiger partial charge is 0.161 e. The van der Waals surface area contributed by atoms with Gasteiger partial charge in [0.2, 0.25) is 0 Å². The molecule has 2 aromatic rings. The zero-order chi connectivity index (χ0) is 20.9. The number of nitrogens with zero attached hydrogens (tertiary/aromatic N) is 1. The highest BCUT2D eigenvalue weighted by atomic mass is 16.5. The van der Waals surface area contributed by atoms with Crippen molar-refractivity contribution in [3.63, 3.8) is 0 Å². The van der Waals surface area contributed by atoms with E-state index in [1.54, 1.807) is 14.2 Å². The lowest BCUT2D eigenvalue weighted by molar-refractivity contribution is 0.179. The lowest BCUT2D eigenvalue weighted by Gasteiger charge is -2.33. The molecule has 0 amide bonds. The average Bonchev–Trinajstić information content (AvgIpc) is 2.77. The normalized spacial score (nSPS) is 12.2. The van der Waals surface area contributed by atoms with Crippen molar-refractivity contribution >= 4 is 0 Å². The van der Waals surface area contributed by atoms with E-state index in [1.807, 2.05) is 0 Å². The predicted molar refractivity (Wildman–Crippen MR) is 123 cm³/mol. The largest absolute Gasteiger partial charge is 0.493 e. The Morgan fingerprint density at radius 3 is 2.03 bits per heavy atom. The first kappa shape index (κ1) is 23.3. The highest BCUT2D eigenvalue weighted by molar-refractivity contribution is 5.43. The Morgan fingerprint density at radius 2 is 1.45 bits per heavy atom. The number of methoxy groups -OCH3 is 2. The highest BCUT2D eigenvalue weighted by Crippen LogP contribution is 2.34. The molecule has 0 aliphatic rings. The molecule has 0 saturated carbocycles. The Bertz CT molecular complexity index is 678. The summed E-state index contributed by atoms with van der Waals surface area (Å²) in [4.78, 5) is 2.69. The van der Waals surface area contributed by atoms with Crippen LogP contribution in [0.4, 0.5) is 0 Å². The van der Waals surface area contributed by atoms with Gasteiger partial charge in [-0.05, 0) is 68.5 Å². The molecule has 0 radical (unpaired) electrons. The molecule has 29 heavy (non-hydrogen) atoms. The monoisotopic (exact) mass is 397 g/mol. The van der Waals surface area contributed by atoms with E-state index in [1.165, 1.54) is 43.2 Å². The Labute approximate surface area is 178 Å². The Balaban J connectivity index is 2.22. The summed E-state index contributed by atoms with van der Waals surface area (Å²) in [6.45, 7) is 6.86. The average molecular weight is 398 g/mol. The number of unbranched alkanes of at least 4 members (excludes halogenated alkanes) is 2. The van der Waals surface area contributed by atoms with Crippen molar-refractivity contribution in [3.05, 3.63) is 59.7 Å². The van der Waals surface area contributed by atoms with E-state index >= 15 is 0 Å². The minimum atomic E-state index is 0.414. The quantitative estimate of drug-likeness (QED) is 0.355. The van der Waals surface area contributed by atoms with E-state index in [9.17, 15) is 0 Å². The van der Waals surface area contributed by atoms with Gasteiger partial charge in [0.25, 0.3) is 0 Å². The molecule has 0 spiro atoms. The van der Waals surface area contributed by atoms with Crippen LogP contribution in [0.2, 0.25) is 0 Å². The minimum absolute atomic E-state index is 0.414. The highest BCUT2D eigenvalue weighted by Gasteiger charge is 2.21. The fourth-order valence-corrected chi connectivity index (χ4v) is 3.91. The lowest BCUT2D eigenvalue weighted by atomic mass is 9.96. The van der Waals surface area contributed by atoms with Gasteiger partial charge in [-0.1, -0.05) is 63.1 Å². The van der Waals surface area contributed by atoms with Crippen molar-refractivity contribution in [1.82, 2.24) is 4.90 Å². The van der Waals surface area contributed by atoms with Gasteiger partial charge in [-0.2, -0.15) is 0 Å². The zero-order valence-electron chi connectivity index (χ0n) is 18.8. The van der Waals surface area contributed by atoms with Crippen molar-refractivity contribution in [3.8, 4) is 11.5 Å². The third-order valence-electron chi connectivity index (χ3n) is 5.62. The molecule has 3 heteroatoms. The molecule has 0 fully saturated rings. The van der Waals surface area contributed by atoms with Crippen LogP contribution < -0.4 is 9.47 Å². The topological polar surface area (TPSA) is 21.7 Å². The van der Waals surface area contributed by atoms with Crippen LogP contribution in [-0.2, 0) is 6.42 Å². The molecule has 0 N–H and O–H groups in total. The molecular formula is C26H39NO2. The van der Waals surface area contributed by atoms with Crippen LogP contribution >= 0.6 is 0 Å². The van der Waals surface area contributed by atoms with Crippen LogP contribution in [0.5, 0.6) is 11.5 Å². The van der Waals surface area contributed by atoms with Gasteiger partial charge in [0.05, 0.1) is 14.2 Å². The van der Waals surface area contributed by atoms with Gasteiger partial charge in [0, 0.05) is 6.04 Å². The number of rotatable bonds is 14. The van der Waals surface area contributed by atoms with Gasteiger partial charge in [-0.25, -0.2) is 0 Å². The first-order chi connectivity index (χ1) is 14.2. The molecule has 0 aliphatic heterocycles. The second-order valence-electron chi connectivity index (χ2n) is 7.75. The summed E-state index contributed by atoms with van der Waals surface area (Å²) in [6, 6.07) is 17.7. The molecule has 1 unspecified atom stereocenters. The van der Waals surface area contributed by atoms with E-state index in [0.717, 1.165) is 37.4 Å². The molecule has 1 atom stereocenters. The number of hydrogen-bond acceptors (Lipinski definition) is 3. The molecule has 2 aromatic carbocycles. The van der Waals surface area contributed by atoms with E-state index in [2.05, 4.69) is 67.3 Å². The summed E-state index contributed by atoms with van der Waals surface area (Å²) >= 11 is 0. The first-order valence-electron chi connectivity index (χ1n) is 11.2. The van der Waals surface area contributed by atoms with E-state index in [-0.39, 0.29) is 0 Å². The summed E-state index contributed by atoms with van der Waals surface area (Å²) in [5, 5.41) is 0. The number of hydrogen-bond donors (Lipinski definition) is 0. The number of benzene rings is 2. The van der Waals surface area contributed by atoms with Gasteiger partial charge < -0.3 is 9.47 Å². The third kappa shape index (κ3) is 7.40. The van der Waals surface area contributed by atoms with Crippen LogP contribution in [0, 0.1) is 0 Å². The minimum Gasteiger partial charge on any atom is -0.493 e. The van der Waals surface area contributed by atoms with Crippen molar-refractivity contribution in [2.24, 2.45) is 0 Å². The molecule has 0 saturated heterocycles. The van der Waals surface area contributed by atoms with Gasteiger partial charge in [0.1, 0.15) is 0 Å². The summed E-state index contributed by atoms with van der Waals surface area (Å²) in [7, 11) is 3.42. The second kappa shape index (κ2) is 13.3. The maximum Gasteiger partial charge on any atom is 0.161 e. The van der Waals surface area contributed by atoms with Crippen molar-refractivity contribution in [1.29, 1.82) is 0 Å². The SMILES string of the molecule is CCCCN(CCCC)C(CCCc1ccccc1)c1ccc(OC)c(OC)c1.